The largest absolute Gasteiger partial charge is 0.393 e. The van der Waals surface area contributed by atoms with Crippen molar-refractivity contribution in [3.63, 3.8) is 0 Å². The lowest BCUT2D eigenvalue weighted by Crippen LogP contribution is -2.47. The number of rotatable bonds is 2. The van der Waals surface area contributed by atoms with Crippen LogP contribution in [-0.4, -0.2) is 28.2 Å². The standard InChI is InChI=1S/C14H21NO/c1-11-8-14(16)9-12(2)15(11)10-13-6-4-3-5-7-13/h3-7,11-12,14,16H,8-10H2,1-2H3/t11-,12-/m1/s1. The molecule has 2 atom stereocenters. The number of likely N-dealkylation sites (tertiary alicyclic amines) is 1. The number of nitrogens with zero attached hydrogens (tertiary/aromatic N) is 1. The van der Waals surface area contributed by atoms with Crippen molar-refractivity contribution in [1.29, 1.82) is 0 Å². The number of benzene rings is 1. The van der Waals surface area contributed by atoms with E-state index in [1.807, 2.05) is 0 Å². The first-order valence-corrected chi connectivity index (χ1v) is 6.14. The van der Waals surface area contributed by atoms with Crippen LogP contribution in [0.3, 0.4) is 0 Å². The quantitative estimate of drug-likeness (QED) is 0.825. The van der Waals surface area contributed by atoms with Crippen molar-refractivity contribution in [2.45, 2.75) is 51.4 Å². The first kappa shape index (κ1) is 11.6. The average molecular weight is 219 g/mol. The summed E-state index contributed by atoms with van der Waals surface area (Å²) in [5.41, 5.74) is 1.36. The smallest absolute Gasteiger partial charge is 0.0569 e. The second-order valence-electron chi connectivity index (χ2n) is 4.98. The molecule has 0 radical (unpaired) electrons. The molecule has 0 unspecified atom stereocenters. The Morgan fingerprint density at radius 2 is 1.69 bits per heavy atom. The van der Waals surface area contributed by atoms with E-state index in [1.54, 1.807) is 0 Å². The van der Waals surface area contributed by atoms with Gasteiger partial charge in [0, 0.05) is 18.6 Å². The monoisotopic (exact) mass is 219 g/mol. The van der Waals surface area contributed by atoms with Crippen LogP contribution in [-0.2, 0) is 6.54 Å². The topological polar surface area (TPSA) is 23.5 Å². The number of aliphatic hydroxyl groups is 1. The van der Waals surface area contributed by atoms with Gasteiger partial charge in [-0.15, -0.1) is 0 Å². The van der Waals surface area contributed by atoms with Gasteiger partial charge in [-0.2, -0.15) is 0 Å². The first-order chi connectivity index (χ1) is 7.66. The summed E-state index contributed by atoms with van der Waals surface area (Å²) in [6, 6.07) is 11.5. The predicted octanol–water partition coefficient (Wildman–Crippen LogP) is 2.42. The van der Waals surface area contributed by atoms with E-state index in [2.05, 4.69) is 49.1 Å². The lowest BCUT2D eigenvalue weighted by atomic mass is 9.94. The summed E-state index contributed by atoms with van der Waals surface area (Å²) in [5, 5.41) is 9.71. The molecule has 0 amide bonds. The van der Waals surface area contributed by atoms with Crippen molar-refractivity contribution in [3.05, 3.63) is 35.9 Å². The summed E-state index contributed by atoms with van der Waals surface area (Å²) in [4.78, 5) is 2.49. The van der Waals surface area contributed by atoms with Crippen LogP contribution in [0.15, 0.2) is 30.3 Å². The molecule has 1 fully saturated rings. The third-order valence-corrected chi connectivity index (χ3v) is 3.57. The van der Waals surface area contributed by atoms with Crippen molar-refractivity contribution in [2.75, 3.05) is 0 Å². The maximum Gasteiger partial charge on any atom is 0.0569 e. The van der Waals surface area contributed by atoms with Crippen LogP contribution in [0, 0.1) is 0 Å². The van der Waals surface area contributed by atoms with Gasteiger partial charge >= 0.3 is 0 Å². The molecule has 0 aliphatic carbocycles. The molecule has 1 aromatic rings. The third kappa shape index (κ3) is 2.63. The van der Waals surface area contributed by atoms with Gasteiger partial charge in [0.25, 0.3) is 0 Å². The van der Waals surface area contributed by atoms with Gasteiger partial charge in [0.15, 0.2) is 0 Å². The van der Waals surface area contributed by atoms with Gasteiger partial charge in [0.05, 0.1) is 6.10 Å². The van der Waals surface area contributed by atoms with Gasteiger partial charge in [-0.25, -0.2) is 0 Å². The molecule has 16 heavy (non-hydrogen) atoms. The normalized spacial score (nSPS) is 31.6. The maximum absolute atomic E-state index is 9.71. The van der Waals surface area contributed by atoms with Crippen LogP contribution in [0.4, 0.5) is 0 Å². The summed E-state index contributed by atoms with van der Waals surface area (Å²) < 4.78 is 0. The maximum atomic E-state index is 9.71. The van der Waals surface area contributed by atoms with Crippen LogP contribution in [0.1, 0.15) is 32.3 Å². The molecular formula is C14H21NO. The zero-order valence-electron chi connectivity index (χ0n) is 10.1. The van der Waals surface area contributed by atoms with Gasteiger partial charge in [-0.1, -0.05) is 30.3 Å². The van der Waals surface area contributed by atoms with E-state index >= 15 is 0 Å². The fraction of sp³-hybridized carbons (Fsp3) is 0.571. The van der Waals surface area contributed by atoms with Crippen molar-refractivity contribution in [2.24, 2.45) is 0 Å². The minimum atomic E-state index is -0.114. The molecule has 0 spiro atoms. The van der Waals surface area contributed by atoms with Crippen LogP contribution in [0.5, 0.6) is 0 Å². The number of piperidine rings is 1. The van der Waals surface area contributed by atoms with E-state index in [0.717, 1.165) is 19.4 Å². The van der Waals surface area contributed by atoms with Crippen molar-refractivity contribution >= 4 is 0 Å². The first-order valence-electron chi connectivity index (χ1n) is 6.14. The van der Waals surface area contributed by atoms with E-state index < -0.39 is 0 Å². The fourth-order valence-electron chi connectivity index (χ4n) is 2.69. The molecule has 1 aromatic carbocycles. The molecule has 1 heterocycles. The Balaban J connectivity index is 2.03. The molecule has 1 saturated heterocycles. The Bertz CT molecular complexity index is 313. The molecular weight excluding hydrogens is 198 g/mol. The summed E-state index contributed by atoms with van der Waals surface area (Å²) in [5.74, 6) is 0. The second kappa shape index (κ2) is 4.98. The van der Waals surface area contributed by atoms with Gasteiger partial charge in [-0.3, -0.25) is 4.90 Å². The highest BCUT2D eigenvalue weighted by atomic mass is 16.3. The fourth-order valence-corrected chi connectivity index (χ4v) is 2.69. The van der Waals surface area contributed by atoms with Gasteiger partial charge in [0.1, 0.15) is 0 Å². The van der Waals surface area contributed by atoms with Gasteiger partial charge < -0.3 is 5.11 Å². The van der Waals surface area contributed by atoms with Crippen molar-refractivity contribution < 1.29 is 5.11 Å². The SMILES string of the molecule is C[C@@H]1CC(O)C[C@@H](C)N1Cc1ccccc1. The molecule has 1 aliphatic heterocycles. The second-order valence-corrected chi connectivity index (χ2v) is 4.98. The highest BCUT2D eigenvalue weighted by Crippen LogP contribution is 2.24. The van der Waals surface area contributed by atoms with Gasteiger partial charge in [0.2, 0.25) is 0 Å². The van der Waals surface area contributed by atoms with E-state index in [4.69, 9.17) is 0 Å². The van der Waals surface area contributed by atoms with Crippen molar-refractivity contribution in [1.82, 2.24) is 4.90 Å². The Labute approximate surface area is 97.9 Å². The van der Waals surface area contributed by atoms with Gasteiger partial charge in [-0.05, 0) is 32.3 Å². The van der Waals surface area contributed by atoms with Crippen LogP contribution < -0.4 is 0 Å². The zero-order valence-corrected chi connectivity index (χ0v) is 10.1. The van der Waals surface area contributed by atoms with E-state index in [0.29, 0.717) is 12.1 Å². The molecule has 0 bridgehead atoms. The van der Waals surface area contributed by atoms with Crippen molar-refractivity contribution in [3.8, 4) is 0 Å². The lowest BCUT2D eigenvalue weighted by Gasteiger charge is -2.41. The molecule has 1 aliphatic rings. The Morgan fingerprint density at radius 1 is 1.12 bits per heavy atom. The predicted molar refractivity (Wildman–Crippen MR) is 66.1 cm³/mol. The number of hydrogen-bond donors (Lipinski definition) is 1. The average Bonchev–Trinajstić information content (AvgIpc) is 2.25. The van der Waals surface area contributed by atoms with E-state index in [1.165, 1.54) is 5.56 Å². The molecule has 0 aromatic heterocycles. The lowest BCUT2D eigenvalue weighted by molar-refractivity contribution is 0.00864. The van der Waals surface area contributed by atoms with E-state index in [-0.39, 0.29) is 6.10 Å². The minimum Gasteiger partial charge on any atom is -0.393 e. The molecule has 88 valence electrons. The number of aliphatic hydroxyl groups excluding tert-OH is 1. The summed E-state index contributed by atoms with van der Waals surface area (Å²) in [6.45, 7) is 5.42. The molecule has 2 heteroatoms. The molecule has 1 N–H and O–H groups in total. The third-order valence-electron chi connectivity index (χ3n) is 3.57. The highest BCUT2D eigenvalue weighted by Gasteiger charge is 2.29. The highest BCUT2D eigenvalue weighted by molar-refractivity contribution is 5.14. The molecule has 0 saturated carbocycles. The summed E-state index contributed by atoms with van der Waals surface area (Å²) in [7, 11) is 0. The molecule has 2 nitrogen and oxygen atoms in total. The Kier molecular flexibility index (Phi) is 3.62. The Morgan fingerprint density at radius 3 is 2.25 bits per heavy atom. The summed E-state index contributed by atoms with van der Waals surface area (Å²) in [6.07, 6.45) is 1.69. The Hall–Kier alpha value is -0.860. The minimum absolute atomic E-state index is 0.114. The zero-order chi connectivity index (χ0) is 11.5. The summed E-state index contributed by atoms with van der Waals surface area (Å²) >= 11 is 0. The van der Waals surface area contributed by atoms with Crippen LogP contribution >= 0.6 is 0 Å². The molecule has 2 rings (SSSR count). The van der Waals surface area contributed by atoms with Crippen LogP contribution in [0.2, 0.25) is 0 Å². The number of hydrogen-bond acceptors (Lipinski definition) is 2. The van der Waals surface area contributed by atoms with Crippen LogP contribution in [0.25, 0.3) is 0 Å². The van der Waals surface area contributed by atoms with E-state index in [9.17, 15) is 5.11 Å².